The van der Waals surface area contributed by atoms with Gasteiger partial charge in [-0.15, -0.1) is 0 Å². The zero-order chi connectivity index (χ0) is 28.3. The van der Waals surface area contributed by atoms with Crippen LogP contribution in [0.3, 0.4) is 0 Å². The number of halogens is 1. The predicted octanol–water partition coefficient (Wildman–Crippen LogP) is 4.25. The Bertz CT molecular complexity index is 1340. The Morgan fingerprint density at radius 2 is 1.90 bits per heavy atom. The van der Waals surface area contributed by atoms with Crippen molar-refractivity contribution in [2.75, 3.05) is 26.2 Å². The van der Waals surface area contributed by atoms with Crippen molar-refractivity contribution < 1.29 is 14.3 Å². The summed E-state index contributed by atoms with van der Waals surface area (Å²) in [5, 5.41) is 3.79. The Morgan fingerprint density at radius 1 is 1.10 bits per heavy atom. The van der Waals surface area contributed by atoms with Crippen LogP contribution in [0.4, 0.5) is 4.79 Å². The highest BCUT2D eigenvalue weighted by molar-refractivity contribution is 6.31. The van der Waals surface area contributed by atoms with Crippen molar-refractivity contribution in [2.45, 2.75) is 64.3 Å². The van der Waals surface area contributed by atoms with E-state index < -0.39 is 17.7 Å². The van der Waals surface area contributed by atoms with Crippen LogP contribution in [0.2, 0.25) is 5.02 Å². The van der Waals surface area contributed by atoms with Crippen LogP contribution >= 0.6 is 11.6 Å². The lowest BCUT2D eigenvalue weighted by Gasteiger charge is -2.44. The molecule has 0 saturated carbocycles. The highest BCUT2D eigenvalue weighted by Crippen LogP contribution is 2.41. The number of nitrogens with zero attached hydrogens (tertiary/aromatic N) is 5. The van der Waals surface area contributed by atoms with Gasteiger partial charge in [-0.3, -0.25) is 14.7 Å². The van der Waals surface area contributed by atoms with Crippen molar-refractivity contribution >= 4 is 23.6 Å². The molecule has 2 aromatic heterocycles. The molecule has 2 amide bonds. The number of aromatic nitrogens is 3. The number of carbonyl (C=O) groups excluding carboxylic acids is 2. The molecule has 1 N–H and O–H groups in total. The second-order valence-electron chi connectivity index (χ2n) is 11.4. The Hall–Kier alpha value is -3.43. The molecule has 2 aliphatic rings. The molecule has 1 aliphatic carbocycles. The molecule has 1 aromatic carbocycles. The van der Waals surface area contributed by atoms with E-state index in [-0.39, 0.29) is 18.5 Å². The van der Waals surface area contributed by atoms with Crippen molar-refractivity contribution in [1.29, 1.82) is 0 Å². The normalized spacial score (nSPS) is 19.4. The number of nitrogens with one attached hydrogen (secondary N) is 1. The van der Waals surface area contributed by atoms with E-state index in [1.54, 1.807) is 23.6 Å². The molecule has 9 nitrogen and oxygen atoms in total. The van der Waals surface area contributed by atoms with Gasteiger partial charge in [0.15, 0.2) is 0 Å². The molecule has 5 rings (SSSR count). The van der Waals surface area contributed by atoms with Crippen LogP contribution in [-0.4, -0.2) is 74.2 Å². The van der Waals surface area contributed by atoms with Crippen LogP contribution in [0, 0.1) is 0 Å². The van der Waals surface area contributed by atoms with Crippen LogP contribution in [-0.2, 0) is 28.9 Å². The summed E-state index contributed by atoms with van der Waals surface area (Å²) < 4.78 is 7.65. The molecule has 0 bridgehead atoms. The number of fused-ring (bicyclic) bond motifs is 2. The minimum Gasteiger partial charge on any atom is -0.444 e. The highest BCUT2D eigenvalue weighted by Gasteiger charge is 2.42. The van der Waals surface area contributed by atoms with Gasteiger partial charge in [0.05, 0.1) is 18.1 Å². The third-order valence-electron chi connectivity index (χ3n) is 7.42. The van der Waals surface area contributed by atoms with E-state index in [0.29, 0.717) is 24.7 Å². The number of pyridine rings is 1. The van der Waals surface area contributed by atoms with Gasteiger partial charge in [-0.25, -0.2) is 9.78 Å². The van der Waals surface area contributed by atoms with Gasteiger partial charge in [0, 0.05) is 56.3 Å². The minimum absolute atomic E-state index is 0.130. The molecule has 3 heterocycles. The van der Waals surface area contributed by atoms with Gasteiger partial charge in [0.25, 0.3) is 0 Å². The SMILES string of the molecule is CC(C)(C)OC(=O)N1CCN([C@H]2c3ncccc3CCc3cccc(Cl)c32)[C@@H](C(=O)NCCCn2ccnc2)C1. The third-order valence-corrected chi connectivity index (χ3v) is 7.75. The first-order valence-electron chi connectivity index (χ1n) is 13.9. The summed E-state index contributed by atoms with van der Waals surface area (Å²) in [6.07, 6.45) is 9.24. The van der Waals surface area contributed by atoms with E-state index in [1.807, 2.05) is 49.7 Å². The zero-order valence-corrected chi connectivity index (χ0v) is 24.1. The van der Waals surface area contributed by atoms with Crippen LogP contribution in [0.1, 0.15) is 55.6 Å². The molecule has 1 fully saturated rings. The lowest BCUT2D eigenvalue weighted by atomic mass is 9.94. The van der Waals surface area contributed by atoms with E-state index in [2.05, 4.69) is 27.3 Å². The molecular weight excluding hydrogens is 528 g/mol. The molecule has 0 unspecified atom stereocenters. The van der Waals surface area contributed by atoms with Crippen molar-refractivity contribution in [3.8, 4) is 0 Å². The van der Waals surface area contributed by atoms with E-state index in [9.17, 15) is 9.59 Å². The summed E-state index contributed by atoms with van der Waals surface area (Å²) in [6, 6.07) is 9.13. The second-order valence-corrected chi connectivity index (χ2v) is 11.8. The Balaban J connectivity index is 1.45. The average Bonchev–Trinajstić information content (AvgIpc) is 3.38. The molecule has 0 radical (unpaired) electrons. The van der Waals surface area contributed by atoms with Crippen molar-refractivity contribution in [3.63, 3.8) is 0 Å². The Labute approximate surface area is 240 Å². The first-order valence-corrected chi connectivity index (χ1v) is 14.3. The standard InChI is InChI=1S/C30H37ClN6O3/c1-30(2,3)40-29(39)36-17-18-37(24(19-36)28(38)34-13-6-15-35-16-14-32-20-35)27-25-21(7-4-9-23(25)31)10-11-22-8-5-12-33-26(22)27/h4-5,7-9,12,14,16,20,24,27H,6,10-11,13,15,17-19H2,1-3H3,(H,34,38)/t24-,27-/m1/s1. The molecule has 0 spiro atoms. The number of amides is 2. The monoisotopic (exact) mass is 564 g/mol. The van der Waals surface area contributed by atoms with Crippen LogP contribution in [0.25, 0.3) is 0 Å². The van der Waals surface area contributed by atoms with Gasteiger partial charge < -0.3 is 19.5 Å². The smallest absolute Gasteiger partial charge is 0.410 e. The molecular formula is C30H37ClN6O3. The number of ether oxygens (including phenoxy) is 1. The molecule has 212 valence electrons. The highest BCUT2D eigenvalue weighted by atomic mass is 35.5. The van der Waals surface area contributed by atoms with Crippen LogP contribution < -0.4 is 5.32 Å². The fourth-order valence-corrected chi connectivity index (χ4v) is 5.88. The van der Waals surface area contributed by atoms with Gasteiger partial charge in [0.1, 0.15) is 11.6 Å². The molecule has 2 atom stereocenters. The Kier molecular flexibility index (Phi) is 8.42. The number of carbonyl (C=O) groups is 2. The maximum Gasteiger partial charge on any atom is 0.410 e. The fourth-order valence-electron chi connectivity index (χ4n) is 5.59. The quantitative estimate of drug-likeness (QED) is 0.450. The van der Waals surface area contributed by atoms with Crippen molar-refractivity contribution in [1.82, 2.24) is 29.7 Å². The number of benzene rings is 1. The Morgan fingerprint density at radius 3 is 2.67 bits per heavy atom. The number of hydrogen-bond acceptors (Lipinski definition) is 6. The largest absolute Gasteiger partial charge is 0.444 e. The maximum absolute atomic E-state index is 13.9. The summed E-state index contributed by atoms with van der Waals surface area (Å²) in [7, 11) is 0. The summed E-state index contributed by atoms with van der Waals surface area (Å²) >= 11 is 6.88. The van der Waals surface area contributed by atoms with E-state index in [1.165, 1.54) is 0 Å². The van der Waals surface area contributed by atoms with Gasteiger partial charge in [-0.05, 0) is 68.9 Å². The molecule has 3 aromatic rings. The summed E-state index contributed by atoms with van der Waals surface area (Å²) in [5.41, 5.74) is 3.58. The molecule has 1 aliphatic heterocycles. The third kappa shape index (κ3) is 6.31. The van der Waals surface area contributed by atoms with Gasteiger partial charge in [-0.1, -0.05) is 29.8 Å². The minimum atomic E-state index is -0.629. The lowest BCUT2D eigenvalue weighted by molar-refractivity contribution is -0.129. The van der Waals surface area contributed by atoms with E-state index in [0.717, 1.165) is 48.2 Å². The number of aryl methyl sites for hydroxylation is 3. The average molecular weight is 565 g/mol. The van der Waals surface area contributed by atoms with Crippen molar-refractivity contribution in [2.24, 2.45) is 0 Å². The number of piperazine rings is 1. The molecule has 40 heavy (non-hydrogen) atoms. The number of imidazole rings is 1. The molecule has 10 heteroatoms. The van der Waals surface area contributed by atoms with Crippen LogP contribution in [0.15, 0.2) is 55.2 Å². The predicted molar refractivity (Wildman–Crippen MR) is 153 cm³/mol. The zero-order valence-electron chi connectivity index (χ0n) is 23.3. The summed E-state index contributed by atoms with van der Waals surface area (Å²) in [6.45, 7) is 7.90. The topological polar surface area (TPSA) is 92.6 Å². The first-order chi connectivity index (χ1) is 19.2. The van der Waals surface area contributed by atoms with Gasteiger partial charge >= 0.3 is 6.09 Å². The van der Waals surface area contributed by atoms with E-state index >= 15 is 0 Å². The van der Waals surface area contributed by atoms with Crippen molar-refractivity contribution in [3.05, 3.63) is 82.7 Å². The summed E-state index contributed by atoms with van der Waals surface area (Å²) in [4.78, 5) is 39.7. The fraction of sp³-hybridized carbons (Fsp3) is 0.467. The first kappa shape index (κ1) is 28.1. The second kappa shape index (κ2) is 12.0. The lowest BCUT2D eigenvalue weighted by Crippen LogP contribution is -2.61. The van der Waals surface area contributed by atoms with E-state index in [4.69, 9.17) is 21.3 Å². The van der Waals surface area contributed by atoms with Gasteiger partial charge in [0.2, 0.25) is 5.91 Å². The maximum atomic E-state index is 13.9. The summed E-state index contributed by atoms with van der Waals surface area (Å²) in [5.74, 6) is -0.130. The molecule has 1 saturated heterocycles. The van der Waals surface area contributed by atoms with Gasteiger partial charge in [-0.2, -0.15) is 0 Å². The van der Waals surface area contributed by atoms with Crippen LogP contribution in [0.5, 0.6) is 0 Å². The number of rotatable bonds is 6. The number of hydrogen-bond donors (Lipinski definition) is 1.